The largest absolute Gasteiger partial charge is 0.417 e. The van der Waals surface area contributed by atoms with Gasteiger partial charge in [-0.1, -0.05) is 11.6 Å². The highest BCUT2D eigenvalue weighted by atomic mass is 35.5. The summed E-state index contributed by atoms with van der Waals surface area (Å²) in [6.45, 7) is 0.713. The molecule has 0 atom stereocenters. The van der Waals surface area contributed by atoms with Gasteiger partial charge in [0.25, 0.3) is 0 Å². The minimum Gasteiger partial charge on any atom is -0.367 e. The van der Waals surface area contributed by atoms with Gasteiger partial charge in [-0.15, -0.1) is 0 Å². The Morgan fingerprint density at radius 2 is 2.10 bits per heavy atom. The predicted molar refractivity (Wildman–Crippen MR) is 68.5 cm³/mol. The smallest absolute Gasteiger partial charge is 0.367 e. The first-order valence-electron chi connectivity index (χ1n) is 6.12. The second-order valence-electron chi connectivity index (χ2n) is 4.54. The van der Waals surface area contributed by atoms with E-state index in [0.29, 0.717) is 13.1 Å². The molecule has 110 valence electrons. The topological polar surface area (TPSA) is 54.0 Å². The lowest BCUT2D eigenvalue weighted by Gasteiger charge is -2.11. The fourth-order valence-electron chi connectivity index (χ4n) is 1.58. The van der Waals surface area contributed by atoms with Gasteiger partial charge in [-0.2, -0.15) is 13.2 Å². The fraction of sp³-hybridized carbons (Fsp3) is 0.500. The van der Waals surface area contributed by atoms with Crippen LogP contribution in [0.5, 0.6) is 0 Å². The average molecular weight is 308 g/mol. The third kappa shape index (κ3) is 4.00. The zero-order chi connectivity index (χ0) is 14.8. The van der Waals surface area contributed by atoms with Gasteiger partial charge in [-0.05, 0) is 18.9 Å². The van der Waals surface area contributed by atoms with E-state index in [0.717, 1.165) is 25.1 Å². The van der Waals surface area contributed by atoms with E-state index in [4.69, 9.17) is 11.6 Å². The fourth-order valence-corrected chi connectivity index (χ4v) is 1.81. The highest BCUT2D eigenvalue weighted by Gasteiger charge is 2.31. The molecule has 0 radical (unpaired) electrons. The number of alkyl halides is 3. The van der Waals surface area contributed by atoms with Crippen molar-refractivity contribution >= 4 is 23.3 Å². The summed E-state index contributed by atoms with van der Waals surface area (Å²) in [5, 5.41) is 5.40. The number of carbonyl (C=O) groups is 1. The molecule has 1 amide bonds. The van der Waals surface area contributed by atoms with E-state index in [1.54, 1.807) is 0 Å². The first-order valence-corrected chi connectivity index (χ1v) is 6.50. The summed E-state index contributed by atoms with van der Waals surface area (Å²) < 4.78 is 37.2. The monoisotopic (exact) mass is 307 g/mol. The second-order valence-corrected chi connectivity index (χ2v) is 4.95. The molecule has 8 heteroatoms. The molecular formula is C12H13ClF3N3O. The van der Waals surface area contributed by atoms with Crippen molar-refractivity contribution in [2.75, 3.05) is 18.4 Å². The molecule has 0 saturated heterocycles. The number of aromatic nitrogens is 1. The lowest BCUT2D eigenvalue weighted by molar-refractivity contribution is -0.137. The molecular weight excluding hydrogens is 295 g/mol. The molecule has 1 heterocycles. The molecule has 0 unspecified atom stereocenters. The lowest BCUT2D eigenvalue weighted by Crippen LogP contribution is -2.30. The van der Waals surface area contributed by atoms with Gasteiger partial charge in [0.2, 0.25) is 5.91 Å². The Morgan fingerprint density at radius 1 is 1.40 bits per heavy atom. The maximum Gasteiger partial charge on any atom is 0.417 e. The third-order valence-electron chi connectivity index (χ3n) is 2.83. The zero-order valence-electron chi connectivity index (χ0n) is 10.4. The first kappa shape index (κ1) is 14.9. The van der Waals surface area contributed by atoms with E-state index in [1.165, 1.54) is 0 Å². The van der Waals surface area contributed by atoms with Crippen LogP contribution in [0, 0.1) is 5.92 Å². The SMILES string of the molecule is O=C(NCCNc1ncc(C(F)(F)F)cc1Cl)C1CC1. The van der Waals surface area contributed by atoms with Crippen LogP contribution < -0.4 is 10.6 Å². The van der Waals surface area contributed by atoms with Gasteiger partial charge in [0.1, 0.15) is 5.82 Å². The molecule has 20 heavy (non-hydrogen) atoms. The van der Waals surface area contributed by atoms with E-state index in [9.17, 15) is 18.0 Å². The summed E-state index contributed by atoms with van der Waals surface area (Å²) in [5.74, 6) is 0.307. The van der Waals surface area contributed by atoms with Crippen LogP contribution in [0.1, 0.15) is 18.4 Å². The Kier molecular flexibility index (Phi) is 4.37. The quantitative estimate of drug-likeness (QED) is 0.822. The molecule has 1 fully saturated rings. The van der Waals surface area contributed by atoms with Crippen molar-refractivity contribution in [3.8, 4) is 0 Å². The normalized spacial score (nSPS) is 15.0. The van der Waals surface area contributed by atoms with Crippen molar-refractivity contribution < 1.29 is 18.0 Å². The molecule has 0 spiro atoms. The van der Waals surface area contributed by atoms with Gasteiger partial charge < -0.3 is 10.6 Å². The lowest BCUT2D eigenvalue weighted by atomic mass is 10.3. The number of nitrogens with zero attached hydrogens (tertiary/aromatic N) is 1. The van der Waals surface area contributed by atoms with Gasteiger partial charge in [0.05, 0.1) is 10.6 Å². The van der Waals surface area contributed by atoms with Crippen LogP contribution in [0.2, 0.25) is 5.02 Å². The summed E-state index contributed by atoms with van der Waals surface area (Å²) in [4.78, 5) is 15.0. The number of hydrogen-bond acceptors (Lipinski definition) is 3. The van der Waals surface area contributed by atoms with Crippen molar-refractivity contribution in [3.05, 3.63) is 22.8 Å². The van der Waals surface area contributed by atoms with Crippen LogP contribution in [0.3, 0.4) is 0 Å². The molecule has 0 aliphatic heterocycles. The molecule has 1 aromatic heterocycles. The van der Waals surface area contributed by atoms with Crippen LogP contribution in [-0.4, -0.2) is 24.0 Å². The number of hydrogen-bond donors (Lipinski definition) is 2. The van der Waals surface area contributed by atoms with E-state index in [-0.39, 0.29) is 22.7 Å². The van der Waals surface area contributed by atoms with Crippen LogP contribution in [0.25, 0.3) is 0 Å². The van der Waals surface area contributed by atoms with E-state index in [2.05, 4.69) is 15.6 Å². The number of halogens is 4. The molecule has 1 aromatic rings. The first-order chi connectivity index (χ1) is 9.38. The Balaban J connectivity index is 1.82. The maximum absolute atomic E-state index is 12.4. The van der Waals surface area contributed by atoms with Gasteiger partial charge in [-0.3, -0.25) is 4.79 Å². The number of nitrogens with one attached hydrogen (secondary N) is 2. The van der Waals surface area contributed by atoms with Gasteiger partial charge >= 0.3 is 6.18 Å². The summed E-state index contributed by atoms with van der Waals surface area (Å²) in [7, 11) is 0. The molecule has 0 aromatic carbocycles. The minimum atomic E-state index is -4.46. The van der Waals surface area contributed by atoms with Gasteiger partial charge in [0, 0.05) is 25.2 Å². The highest BCUT2D eigenvalue weighted by Crippen LogP contribution is 2.32. The predicted octanol–water partition coefficient (Wildman–Crippen LogP) is 2.69. The minimum absolute atomic E-state index is 0.0123. The summed E-state index contributed by atoms with van der Waals surface area (Å²) in [6, 6.07) is 0.819. The summed E-state index contributed by atoms with van der Waals surface area (Å²) >= 11 is 5.73. The Morgan fingerprint density at radius 3 is 2.65 bits per heavy atom. The maximum atomic E-state index is 12.4. The molecule has 1 aliphatic carbocycles. The van der Waals surface area contributed by atoms with E-state index >= 15 is 0 Å². The van der Waals surface area contributed by atoms with Crippen molar-refractivity contribution in [2.24, 2.45) is 5.92 Å². The van der Waals surface area contributed by atoms with Gasteiger partial charge in [0.15, 0.2) is 0 Å². The van der Waals surface area contributed by atoms with E-state index < -0.39 is 11.7 Å². The van der Waals surface area contributed by atoms with Crippen LogP contribution in [0.4, 0.5) is 19.0 Å². The van der Waals surface area contributed by atoms with Crippen LogP contribution in [0.15, 0.2) is 12.3 Å². The van der Waals surface area contributed by atoms with Crippen LogP contribution in [-0.2, 0) is 11.0 Å². The average Bonchev–Trinajstić information content (AvgIpc) is 3.18. The summed E-state index contributed by atoms with van der Waals surface area (Å²) in [5.41, 5.74) is -0.893. The molecule has 2 rings (SSSR count). The van der Waals surface area contributed by atoms with Crippen molar-refractivity contribution in [2.45, 2.75) is 19.0 Å². The standard InChI is InChI=1S/C12H13ClF3N3O/c13-9-5-8(12(14,15)16)6-19-10(9)17-3-4-18-11(20)7-1-2-7/h5-7H,1-4H2,(H,17,19)(H,18,20). The van der Waals surface area contributed by atoms with E-state index in [1.807, 2.05) is 0 Å². The Bertz CT molecular complexity index is 503. The van der Waals surface area contributed by atoms with Crippen molar-refractivity contribution in [1.82, 2.24) is 10.3 Å². The van der Waals surface area contributed by atoms with Gasteiger partial charge in [-0.25, -0.2) is 4.98 Å². The number of anilines is 1. The van der Waals surface area contributed by atoms with Crippen molar-refractivity contribution in [1.29, 1.82) is 0 Å². The molecule has 1 saturated carbocycles. The molecule has 2 N–H and O–H groups in total. The highest BCUT2D eigenvalue weighted by molar-refractivity contribution is 6.32. The Labute approximate surface area is 118 Å². The number of amides is 1. The van der Waals surface area contributed by atoms with Crippen LogP contribution >= 0.6 is 11.6 Å². The third-order valence-corrected chi connectivity index (χ3v) is 3.12. The second kappa shape index (κ2) is 5.87. The zero-order valence-corrected chi connectivity index (χ0v) is 11.2. The van der Waals surface area contributed by atoms with Crippen molar-refractivity contribution in [3.63, 3.8) is 0 Å². The Hall–Kier alpha value is -1.50. The molecule has 4 nitrogen and oxygen atoms in total. The number of rotatable bonds is 5. The molecule has 0 bridgehead atoms. The molecule has 1 aliphatic rings. The number of carbonyl (C=O) groups excluding carboxylic acids is 1. The number of pyridine rings is 1. The summed E-state index contributed by atoms with van der Waals surface area (Å²) in [6.07, 6.45) is -1.90.